The molecule has 0 atom stereocenters. The highest BCUT2D eigenvalue weighted by Gasteiger charge is 2.40. The summed E-state index contributed by atoms with van der Waals surface area (Å²) in [6.07, 6.45) is 6.16. The summed E-state index contributed by atoms with van der Waals surface area (Å²) < 4.78 is 13.4. The van der Waals surface area contributed by atoms with Crippen LogP contribution in [-0.2, 0) is 23.1 Å². The third kappa shape index (κ3) is 2.36. The van der Waals surface area contributed by atoms with E-state index in [9.17, 15) is 0 Å². The van der Waals surface area contributed by atoms with Crippen LogP contribution in [0.15, 0.2) is 12.4 Å². The van der Waals surface area contributed by atoms with Crippen molar-refractivity contribution in [3.05, 3.63) is 18.0 Å². The van der Waals surface area contributed by atoms with Gasteiger partial charge in [-0.25, -0.2) is 0 Å². The molecule has 2 aliphatic heterocycles. The van der Waals surface area contributed by atoms with Gasteiger partial charge in [0.15, 0.2) is 5.79 Å². The number of aromatic nitrogens is 2. The quantitative estimate of drug-likeness (QED) is 0.761. The Morgan fingerprint density at radius 1 is 1.41 bits per heavy atom. The summed E-state index contributed by atoms with van der Waals surface area (Å²) in [6, 6.07) is 0. The summed E-state index contributed by atoms with van der Waals surface area (Å²) in [5, 5.41) is 4.20. The van der Waals surface area contributed by atoms with Crippen molar-refractivity contribution in [1.82, 2.24) is 14.7 Å². The van der Waals surface area contributed by atoms with Gasteiger partial charge >= 0.3 is 0 Å². The van der Waals surface area contributed by atoms with Crippen LogP contribution in [0.25, 0.3) is 0 Å². The second kappa shape index (κ2) is 4.40. The molecule has 94 valence electrons. The van der Waals surface area contributed by atoms with Gasteiger partial charge in [-0.3, -0.25) is 9.58 Å². The van der Waals surface area contributed by atoms with Crippen molar-refractivity contribution in [3.8, 4) is 0 Å². The number of ether oxygens (including phenoxy) is 2. The Balaban J connectivity index is 1.64. The molecule has 0 aliphatic carbocycles. The number of piperidine rings is 1. The molecule has 0 bridgehead atoms. The predicted molar refractivity (Wildman–Crippen MR) is 62.4 cm³/mol. The predicted octanol–water partition coefficient (Wildman–Crippen LogP) is 0.759. The van der Waals surface area contributed by atoms with E-state index in [0.717, 1.165) is 45.7 Å². The van der Waals surface area contributed by atoms with Gasteiger partial charge in [0.05, 0.1) is 26.0 Å². The first-order chi connectivity index (χ1) is 8.26. The van der Waals surface area contributed by atoms with Crippen LogP contribution in [0.4, 0.5) is 0 Å². The topological polar surface area (TPSA) is 39.5 Å². The highest BCUT2D eigenvalue weighted by Crippen LogP contribution is 2.30. The summed E-state index contributed by atoms with van der Waals surface area (Å²) in [4.78, 5) is 2.39. The molecule has 2 saturated heterocycles. The lowest BCUT2D eigenvalue weighted by Crippen LogP contribution is -2.48. The van der Waals surface area contributed by atoms with E-state index in [1.165, 1.54) is 5.56 Å². The minimum Gasteiger partial charge on any atom is -0.346 e. The Morgan fingerprint density at radius 3 is 2.94 bits per heavy atom. The van der Waals surface area contributed by atoms with Crippen LogP contribution in [0, 0.1) is 0 Å². The molecule has 1 aromatic heterocycles. The van der Waals surface area contributed by atoms with Gasteiger partial charge in [-0.2, -0.15) is 5.10 Å². The number of hydrogen-bond donors (Lipinski definition) is 0. The zero-order valence-corrected chi connectivity index (χ0v) is 10.3. The number of aryl methyl sites for hydroxylation is 1. The highest BCUT2D eigenvalue weighted by molar-refractivity contribution is 5.04. The first kappa shape index (κ1) is 11.2. The molecule has 5 heteroatoms. The zero-order valence-electron chi connectivity index (χ0n) is 10.3. The van der Waals surface area contributed by atoms with E-state index in [1.807, 2.05) is 17.9 Å². The van der Waals surface area contributed by atoms with E-state index >= 15 is 0 Å². The lowest BCUT2D eigenvalue weighted by atomic mass is 10.0. The fourth-order valence-electron chi connectivity index (χ4n) is 2.75. The van der Waals surface area contributed by atoms with Crippen molar-refractivity contribution in [2.45, 2.75) is 25.2 Å². The smallest absolute Gasteiger partial charge is 0.181 e. The number of hydrogen-bond acceptors (Lipinski definition) is 4. The lowest BCUT2D eigenvalue weighted by molar-refractivity contribution is -0.190. The van der Waals surface area contributed by atoms with E-state index < -0.39 is 0 Å². The van der Waals surface area contributed by atoms with Gasteiger partial charge in [0.1, 0.15) is 0 Å². The molecule has 1 aromatic rings. The van der Waals surface area contributed by atoms with Crippen molar-refractivity contribution in [2.75, 3.05) is 26.3 Å². The first-order valence-corrected chi connectivity index (χ1v) is 6.24. The molecule has 0 N–H and O–H groups in total. The second-order valence-electron chi connectivity index (χ2n) is 4.94. The van der Waals surface area contributed by atoms with Crippen molar-refractivity contribution in [2.24, 2.45) is 7.05 Å². The van der Waals surface area contributed by atoms with E-state index in [4.69, 9.17) is 9.47 Å². The van der Waals surface area contributed by atoms with Crippen molar-refractivity contribution < 1.29 is 9.47 Å². The molecular weight excluding hydrogens is 218 g/mol. The maximum atomic E-state index is 5.77. The molecule has 1 spiro atoms. The van der Waals surface area contributed by atoms with Gasteiger partial charge in [-0.1, -0.05) is 0 Å². The lowest BCUT2D eigenvalue weighted by Gasteiger charge is -2.38. The second-order valence-corrected chi connectivity index (χ2v) is 4.94. The molecule has 0 amide bonds. The van der Waals surface area contributed by atoms with Crippen LogP contribution in [-0.4, -0.2) is 46.8 Å². The van der Waals surface area contributed by atoms with Crippen LogP contribution in [0.5, 0.6) is 0 Å². The third-order valence-corrected chi connectivity index (χ3v) is 3.47. The summed E-state index contributed by atoms with van der Waals surface area (Å²) in [7, 11) is 1.95. The largest absolute Gasteiger partial charge is 0.346 e. The van der Waals surface area contributed by atoms with Gasteiger partial charge in [0, 0.05) is 31.8 Å². The molecule has 3 heterocycles. The molecule has 0 unspecified atom stereocenters. The van der Waals surface area contributed by atoms with E-state index in [-0.39, 0.29) is 5.79 Å². The number of nitrogens with zero attached hydrogens (tertiary/aromatic N) is 3. The molecule has 2 aliphatic rings. The van der Waals surface area contributed by atoms with Crippen LogP contribution < -0.4 is 0 Å². The van der Waals surface area contributed by atoms with E-state index in [0.29, 0.717) is 0 Å². The van der Waals surface area contributed by atoms with Gasteiger partial charge in [0.2, 0.25) is 0 Å². The van der Waals surface area contributed by atoms with Crippen molar-refractivity contribution in [1.29, 1.82) is 0 Å². The maximum absolute atomic E-state index is 5.77. The normalized spacial score (nSPS) is 24.5. The molecule has 3 rings (SSSR count). The average molecular weight is 237 g/mol. The summed E-state index contributed by atoms with van der Waals surface area (Å²) in [6.45, 7) is 4.40. The minimum absolute atomic E-state index is 0.319. The molecule has 0 aromatic carbocycles. The Kier molecular flexibility index (Phi) is 2.90. The van der Waals surface area contributed by atoms with Gasteiger partial charge in [0.25, 0.3) is 0 Å². The average Bonchev–Trinajstić information content (AvgIpc) is 2.89. The fraction of sp³-hybridized carbons (Fsp3) is 0.750. The monoisotopic (exact) mass is 237 g/mol. The summed E-state index contributed by atoms with van der Waals surface area (Å²) in [5.74, 6) is -0.319. The Bertz CT molecular complexity index is 385. The fourth-order valence-corrected chi connectivity index (χ4v) is 2.75. The van der Waals surface area contributed by atoms with Crippen LogP contribution in [0.3, 0.4) is 0 Å². The molecule has 17 heavy (non-hydrogen) atoms. The van der Waals surface area contributed by atoms with Crippen LogP contribution in [0.1, 0.15) is 18.4 Å². The molecule has 2 fully saturated rings. The van der Waals surface area contributed by atoms with Gasteiger partial charge in [-0.05, 0) is 13.0 Å². The maximum Gasteiger partial charge on any atom is 0.181 e. The van der Waals surface area contributed by atoms with Gasteiger partial charge < -0.3 is 9.47 Å². The highest BCUT2D eigenvalue weighted by atomic mass is 16.7. The van der Waals surface area contributed by atoms with E-state index in [2.05, 4.69) is 16.2 Å². The van der Waals surface area contributed by atoms with Crippen molar-refractivity contribution >= 4 is 0 Å². The van der Waals surface area contributed by atoms with Gasteiger partial charge in [-0.15, -0.1) is 0 Å². The number of likely N-dealkylation sites (tertiary alicyclic amines) is 1. The molecule has 0 radical (unpaired) electrons. The summed E-state index contributed by atoms with van der Waals surface area (Å²) >= 11 is 0. The minimum atomic E-state index is -0.319. The van der Waals surface area contributed by atoms with Crippen molar-refractivity contribution in [3.63, 3.8) is 0 Å². The van der Waals surface area contributed by atoms with Crippen LogP contribution >= 0.6 is 0 Å². The molecule has 0 saturated carbocycles. The molecular formula is C12H19N3O2. The van der Waals surface area contributed by atoms with Crippen LogP contribution in [0.2, 0.25) is 0 Å². The zero-order chi connectivity index (χ0) is 11.7. The first-order valence-electron chi connectivity index (χ1n) is 6.24. The number of rotatable bonds is 2. The Labute approximate surface area is 101 Å². The summed E-state index contributed by atoms with van der Waals surface area (Å²) in [5.41, 5.74) is 1.25. The standard InChI is InChI=1S/C12H19N3O2/c1-14-8-11(7-13-14)9-15-4-2-3-12(10-15)16-5-6-17-12/h7-8H,2-6,9-10H2,1H3. The van der Waals surface area contributed by atoms with E-state index in [1.54, 1.807) is 0 Å². The third-order valence-electron chi connectivity index (χ3n) is 3.47. The molecule has 5 nitrogen and oxygen atoms in total. The Hall–Kier alpha value is -0.910. The Morgan fingerprint density at radius 2 is 2.24 bits per heavy atom. The SMILES string of the molecule is Cn1cc(CN2CCCC3(C2)OCCO3)cn1.